The van der Waals surface area contributed by atoms with Crippen molar-refractivity contribution in [1.29, 1.82) is 0 Å². The van der Waals surface area contributed by atoms with Crippen LogP contribution in [0.4, 0.5) is 0 Å². The average molecular weight is 372 g/mol. The molecule has 1 amide bonds. The fourth-order valence-corrected chi connectivity index (χ4v) is 3.62. The molecule has 1 saturated heterocycles. The summed E-state index contributed by atoms with van der Waals surface area (Å²) in [6.45, 7) is 3.14. The summed E-state index contributed by atoms with van der Waals surface area (Å²) in [7, 11) is -3.67. The number of hydrogen-bond acceptors (Lipinski definition) is 4. The number of likely N-dealkylation sites (tertiary alicyclic amines) is 1. The highest BCUT2D eigenvalue weighted by Gasteiger charge is 2.21. The third kappa shape index (κ3) is 4.00. The van der Waals surface area contributed by atoms with Gasteiger partial charge in [-0.2, -0.15) is 0 Å². The highest BCUT2D eigenvalue weighted by Crippen LogP contribution is 2.15. The lowest BCUT2D eigenvalue weighted by molar-refractivity contribution is 0.0651. The smallest absolute Gasteiger partial charge is 0.253 e. The molecule has 0 aromatic heterocycles. The summed E-state index contributed by atoms with van der Waals surface area (Å²) >= 11 is 0. The van der Waals surface area contributed by atoms with Gasteiger partial charge in [-0.25, -0.2) is 13.1 Å². The van der Waals surface area contributed by atoms with E-state index < -0.39 is 10.0 Å². The van der Waals surface area contributed by atoms with Crippen molar-refractivity contribution in [3.63, 3.8) is 0 Å². The Kier molecular flexibility index (Phi) is 5.20. The van der Waals surface area contributed by atoms with E-state index in [0.29, 0.717) is 11.1 Å². The highest BCUT2D eigenvalue weighted by atomic mass is 32.2. The number of carbonyl (C=O) groups is 2. The zero-order valence-electron chi connectivity index (χ0n) is 14.4. The van der Waals surface area contributed by atoms with Crippen molar-refractivity contribution >= 4 is 21.7 Å². The predicted octanol–water partition coefficient (Wildman–Crippen LogP) is 2.21. The molecule has 2 aromatic carbocycles. The molecule has 0 unspecified atom stereocenters. The summed E-state index contributed by atoms with van der Waals surface area (Å²) in [5.41, 5.74) is 1.83. The van der Waals surface area contributed by atoms with Gasteiger partial charge in [-0.3, -0.25) is 9.59 Å². The molecule has 136 valence electrons. The maximum atomic E-state index is 12.3. The Morgan fingerprint density at radius 1 is 0.962 bits per heavy atom. The van der Waals surface area contributed by atoms with Gasteiger partial charge in [0.15, 0.2) is 5.78 Å². The highest BCUT2D eigenvalue weighted by molar-refractivity contribution is 7.89. The van der Waals surface area contributed by atoms with Crippen molar-refractivity contribution in [2.24, 2.45) is 0 Å². The number of hydrogen-bond donors (Lipinski definition) is 1. The van der Waals surface area contributed by atoms with Crippen LogP contribution < -0.4 is 4.72 Å². The summed E-state index contributed by atoms with van der Waals surface area (Å²) in [5, 5.41) is 0. The minimum absolute atomic E-state index is 0.00828. The molecule has 0 aliphatic carbocycles. The first kappa shape index (κ1) is 18.3. The van der Waals surface area contributed by atoms with Gasteiger partial charge in [0.25, 0.3) is 5.91 Å². The monoisotopic (exact) mass is 372 g/mol. The van der Waals surface area contributed by atoms with Gasteiger partial charge >= 0.3 is 0 Å². The molecule has 0 saturated carbocycles. The van der Waals surface area contributed by atoms with E-state index in [0.717, 1.165) is 25.1 Å². The summed E-state index contributed by atoms with van der Waals surface area (Å²) in [6.07, 6.45) is 1.04. The SMILES string of the molecule is CC(=O)c1ccc(S(=O)(=O)NCc2ccc(C(=O)N3CCC3)cc2)cc1. The first-order valence-corrected chi connectivity index (χ1v) is 9.84. The van der Waals surface area contributed by atoms with Gasteiger partial charge in [-0.15, -0.1) is 0 Å². The van der Waals surface area contributed by atoms with Crippen LogP contribution in [-0.2, 0) is 16.6 Å². The average Bonchev–Trinajstić information content (AvgIpc) is 2.59. The number of carbonyl (C=O) groups excluding carboxylic acids is 2. The second-order valence-corrected chi connectivity index (χ2v) is 8.01. The molecule has 1 fully saturated rings. The van der Waals surface area contributed by atoms with Crippen molar-refractivity contribution in [2.45, 2.75) is 24.8 Å². The molecule has 26 heavy (non-hydrogen) atoms. The van der Waals surface area contributed by atoms with Crippen molar-refractivity contribution in [2.75, 3.05) is 13.1 Å². The van der Waals surface area contributed by atoms with Crippen molar-refractivity contribution in [3.05, 3.63) is 65.2 Å². The number of sulfonamides is 1. The lowest BCUT2D eigenvalue weighted by Crippen LogP contribution is -2.42. The Bertz CT molecular complexity index is 915. The molecular formula is C19H20N2O4S. The maximum Gasteiger partial charge on any atom is 0.253 e. The molecule has 1 heterocycles. The van der Waals surface area contributed by atoms with E-state index >= 15 is 0 Å². The molecule has 2 aromatic rings. The fourth-order valence-electron chi connectivity index (χ4n) is 2.60. The van der Waals surface area contributed by atoms with Gasteiger partial charge < -0.3 is 4.90 Å². The molecule has 1 N–H and O–H groups in total. The first-order chi connectivity index (χ1) is 12.4. The van der Waals surface area contributed by atoms with E-state index in [1.807, 2.05) is 0 Å². The Morgan fingerprint density at radius 2 is 1.54 bits per heavy atom. The Hall–Kier alpha value is -2.51. The van der Waals surface area contributed by atoms with E-state index in [9.17, 15) is 18.0 Å². The number of ketones is 1. The van der Waals surface area contributed by atoms with E-state index in [2.05, 4.69) is 4.72 Å². The topological polar surface area (TPSA) is 83.5 Å². The van der Waals surface area contributed by atoms with Crippen LogP contribution in [0, 0.1) is 0 Å². The summed E-state index contributed by atoms with van der Waals surface area (Å²) < 4.78 is 27.2. The second kappa shape index (κ2) is 7.39. The standard InChI is InChI=1S/C19H20N2O4S/c1-14(22)16-7-9-18(10-8-16)26(24,25)20-13-15-3-5-17(6-4-15)19(23)21-11-2-12-21/h3-10,20H,2,11-13H2,1H3. The largest absolute Gasteiger partial charge is 0.339 e. The van der Waals surface area contributed by atoms with Crippen LogP contribution in [0.2, 0.25) is 0 Å². The third-order valence-electron chi connectivity index (χ3n) is 4.38. The van der Waals surface area contributed by atoms with Crippen molar-refractivity contribution in [3.8, 4) is 0 Å². The number of rotatable bonds is 6. The van der Waals surface area contributed by atoms with E-state index in [1.165, 1.54) is 31.2 Å². The third-order valence-corrected chi connectivity index (χ3v) is 5.80. The van der Waals surface area contributed by atoms with Gasteiger partial charge in [0.05, 0.1) is 4.90 Å². The lowest BCUT2D eigenvalue weighted by atomic mass is 10.1. The molecule has 6 nitrogen and oxygen atoms in total. The number of benzene rings is 2. The normalized spacial score (nSPS) is 14.0. The van der Waals surface area contributed by atoms with Gasteiger partial charge in [-0.05, 0) is 43.2 Å². The lowest BCUT2D eigenvalue weighted by Gasteiger charge is -2.30. The van der Waals surface area contributed by atoms with Crippen LogP contribution >= 0.6 is 0 Å². The summed E-state index contributed by atoms with van der Waals surface area (Å²) in [4.78, 5) is 25.3. The number of amides is 1. The van der Waals surface area contributed by atoms with Gasteiger partial charge in [-0.1, -0.05) is 24.3 Å². The van der Waals surface area contributed by atoms with Gasteiger partial charge in [0.2, 0.25) is 10.0 Å². The number of nitrogens with zero attached hydrogens (tertiary/aromatic N) is 1. The molecule has 7 heteroatoms. The van der Waals surface area contributed by atoms with E-state index in [-0.39, 0.29) is 23.1 Å². The van der Waals surface area contributed by atoms with Crippen molar-refractivity contribution < 1.29 is 18.0 Å². The Labute approximate surface area is 152 Å². The zero-order chi connectivity index (χ0) is 18.7. The molecule has 3 rings (SSSR count). The molecule has 0 radical (unpaired) electrons. The van der Waals surface area contributed by atoms with Gasteiger partial charge in [0.1, 0.15) is 0 Å². The van der Waals surface area contributed by atoms with Crippen LogP contribution in [0.3, 0.4) is 0 Å². The zero-order valence-corrected chi connectivity index (χ0v) is 15.3. The predicted molar refractivity (Wildman–Crippen MR) is 97.4 cm³/mol. The van der Waals surface area contributed by atoms with Gasteiger partial charge in [0, 0.05) is 30.8 Å². The molecule has 0 bridgehead atoms. The van der Waals surface area contributed by atoms with Crippen LogP contribution in [-0.4, -0.2) is 38.1 Å². The molecular weight excluding hydrogens is 352 g/mol. The fraction of sp³-hybridized carbons (Fsp3) is 0.263. The van der Waals surface area contributed by atoms with Crippen LogP contribution in [0.15, 0.2) is 53.4 Å². The Morgan fingerprint density at radius 3 is 2.04 bits per heavy atom. The molecule has 0 spiro atoms. The molecule has 1 aliphatic rings. The molecule has 0 atom stereocenters. The van der Waals surface area contributed by atoms with Crippen molar-refractivity contribution in [1.82, 2.24) is 9.62 Å². The summed E-state index contributed by atoms with van der Waals surface area (Å²) in [5.74, 6) is -0.108. The van der Waals surface area contributed by atoms with E-state index in [1.54, 1.807) is 29.2 Å². The molecule has 1 aliphatic heterocycles. The quantitative estimate of drug-likeness (QED) is 0.788. The van der Waals surface area contributed by atoms with Crippen LogP contribution in [0.5, 0.6) is 0 Å². The first-order valence-electron chi connectivity index (χ1n) is 8.36. The minimum atomic E-state index is -3.67. The maximum absolute atomic E-state index is 12.3. The van der Waals surface area contributed by atoms with Crippen LogP contribution in [0.1, 0.15) is 39.6 Å². The van der Waals surface area contributed by atoms with Crippen LogP contribution in [0.25, 0.3) is 0 Å². The minimum Gasteiger partial charge on any atom is -0.339 e. The second-order valence-electron chi connectivity index (χ2n) is 6.25. The van der Waals surface area contributed by atoms with E-state index in [4.69, 9.17) is 0 Å². The number of nitrogens with one attached hydrogen (secondary N) is 1. The number of Topliss-reactive ketones (excluding diaryl/α,β-unsaturated/α-hetero) is 1. The summed E-state index contributed by atoms with van der Waals surface area (Å²) in [6, 6.07) is 12.7. The Balaban J connectivity index is 1.63.